The molecule has 1 amide bonds. The molecule has 1 atom stereocenters. The number of likely N-dealkylation sites (tertiary alicyclic amines) is 1. The summed E-state index contributed by atoms with van der Waals surface area (Å²) in [6.07, 6.45) is 4.19. The van der Waals surface area contributed by atoms with Crippen LogP contribution in [0.25, 0.3) is 0 Å². The van der Waals surface area contributed by atoms with Gasteiger partial charge in [-0.3, -0.25) is 4.79 Å². The fourth-order valence-corrected chi connectivity index (χ4v) is 5.21. The molecular formula is C27H32N2OS. The van der Waals surface area contributed by atoms with E-state index in [1.54, 1.807) is 11.3 Å². The Kier molecular flexibility index (Phi) is 7.55. The first-order valence-electron chi connectivity index (χ1n) is 11.3. The van der Waals surface area contributed by atoms with Crippen LogP contribution in [0.4, 0.5) is 0 Å². The van der Waals surface area contributed by atoms with Gasteiger partial charge in [-0.1, -0.05) is 54.6 Å². The summed E-state index contributed by atoms with van der Waals surface area (Å²) in [6, 6.07) is 21.1. The van der Waals surface area contributed by atoms with Crippen LogP contribution in [-0.2, 0) is 11.2 Å². The van der Waals surface area contributed by atoms with E-state index < -0.39 is 0 Å². The first kappa shape index (κ1) is 21.8. The molecule has 3 nitrogen and oxygen atoms in total. The number of hydrogen-bond acceptors (Lipinski definition) is 3. The molecule has 1 saturated heterocycles. The van der Waals surface area contributed by atoms with Crippen LogP contribution in [0.3, 0.4) is 0 Å². The van der Waals surface area contributed by atoms with Gasteiger partial charge in [-0.05, 0) is 91.3 Å². The van der Waals surface area contributed by atoms with Crippen LogP contribution in [0.1, 0.15) is 47.6 Å². The number of aryl methyl sites for hydroxylation is 2. The maximum Gasteiger partial charge on any atom is 0.223 e. The molecule has 0 radical (unpaired) electrons. The van der Waals surface area contributed by atoms with Crippen molar-refractivity contribution in [2.75, 3.05) is 19.6 Å². The minimum atomic E-state index is -0.0659. The third kappa shape index (κ3) is 5.84. The third-order valence-corrected chi connectivity index (χ3v) is 7.11. The van der Waals surface area contributed by atoms with Crippen LogP contribution in [0.5, 0.6) is 0 Å². The van der Waals surface area contributed by atoms with Crippen molar-refractivity contribution in [3.8, 4) is 0 Å². The molecule has 2 heterocycles. The maximum absolute atomic E-state index is 13.2. The van der Waals surface area contributed by atoms with Crippen molar-refractivity contribution in [1.82, 2.24) is 10.2 Å². The smallest absolute Gasteiger partial charge is 0.223 e. The predicted octanol–water partition coefficient (Wildman–Crippen LogP) is 5.61. The predicted molar refractivity (Wildman–Crippen MR) is 129 cm³/mol. The monoisotopic (exact) mass is 432 g/mol. The van der Waals surface area contributed by atoms with E-state index in [0.717, 1.165) is 38.9 Å². The lowest BCUT2D eigenvalue weighted by Gasteiger charge is -2.32. The number of carbonyl (C=O) groups excluding carboxylic acids is 1. The standard InChI is InChI=1S/C27H32N2OS/c1-21-8-5-6-12-25(21)26(24-15-19-31-20-24)28-27(30)23-13-17-29(18-14-23)16-7-11-22-9-3-2-4-10-22/h2-6,8-10,12,15,19-20,23,26H,7,11,13-14,16-18H2,1H3,(H,28,30). The Morgan fingerprint density at radius 2 is 1.81 bits per heavy atom. The van der Waals surface area contributed by atoms with E-state index in [9.17, 15) is 4.79 Å². The Morgan fingerprint density at radius 3 is 2.52 bits per heavy atom. The Bertz CT molecular complexity index is 946. The molecule has 0 aliphatic carbocycles. The summed E-state index contributed by atoms with van der Waals surface area (Å²) in [5.74, 6) is 0.305. The first-order valence-corrected chi connectivity index (χ1v) is 12.3. The highest BCUT2D eigenvalue weighted by Crippen LogP contribution is 2.28. The summed E-state index contributed by atoms with van der Waals surface area (Å²) < 4.78 is 0. The molecule has 4 heteroatoms. The molecule has 1 fully saturated rings. The molecule has 0 saturated carbocycles. The molecule has 4 rings (SSSR count). The molecule has 31 heavy (non-hydrogen) atoms. The van der Waals surface area contributed by atoms with Crippen molar-refractivity contribution in [2.24, 2.45) is 5.92 Å². The summed E-state index contributed by atoms with van der Waals surface area (Å²) >= 11 is 1.68. The quantitative estimate of drug-likeness (QED) is 0.502. The van der Waals surface area contributed by atoms with E-state index in [-0.39, 0.29) is 17.9 Å². The number of piperidine rings is 1. The van der Waals surface area contributed by atoms with Crippen LogP contribution in [0.2, 0.25) is 0 Å². The lowest BCUT2D eigenvalue weighted by atomic mass is 9.92. The van der Waals surface area contributed by atoms with Gasteiger partial charge < -0.3 is 10.2 Å². The molecule has 1 aromatic heterocycles. The van der Waals surface area contributed by atoms with Crippen LogP contribution in [0.15, 0.2) is 71.4 Å². The van der Waals surface area contributed by atoms with E-state index in [1.807, 2.05) is 0 Å². The van der Waals surface area contributed by atoms with E-state index in [4.69, 9.17) is 0 Å². The largest absolute Gasteiger partial charge is 0.345 e. The van der Waals surface area contributed by atoms with Crippen molar-refractivity contribution in [3.05, 3.63) is 93.7 Å². The average molecular weight is 433 g/mol. The van der Waals surface area contributed by atoms with Crippen molar-refractivity contribution in [1.29, 1.82) is 0 Å². The minimum Gasteiger partial charge on any atom is -0.345 e. The van der Waals surface area contributed by atoms with Crippen LogP contribution < -0.4 is 5.32 Å². The number of benzene rings is 2. The molecule has 0 spiro atoms. The summed E-state index contributed by atoms with van der Waals surface area (Å²) in [6.45, 7) is 5.26. The molecule has 3 aromatic rings. The zero-order valence-electron chi connectivity index (χ0n) is 18.3. The Hall–Kier alpha value is -2.43. The fourth-order valence-electron chi connectivity index (χ4n) is 4.52. The number of hydrogen-bond donors (Lipinski definition) is 1. The number of nitrogens with one attached hydrogen (secondary N) is 1. The molecule has 1 unspecified atom stereocenters. The second-order valence-electron chi connectivity index (χ2n) is 8.56. The topological polar surface area (TPSA) is 32.3 Å². The van der Waals surface area contributed by atoms with E-state index in [1.165, 1.54) is 28.7 Å². The molecule has 162 valence electrons. The SMILES string of the molecule is Cc1ccccc1C(NC(=O)C1CCN(CCCc2ccccc2)CC1)c1ccsc1. The van der Waals surface area contributed by atoms with E-state index >= 15 is 0 Å². The van der Waals surface area contributed by atoms with Gasteiger partial charge in [-0.25, -0.2) is 0 Å². The number of carbonyl (C=O) groups is 1. The van der Waals surface area contributed by atoms with Gasteiger partial charge in [0.15, 0.2) is 0 Å². The Labute approximate surface area is 190 Å². The van der Waals surface area contributed by atoms with Crippen molar-refractivity contribution in [2.45, 2.75) is 38.6 Å². The third-order valence-electron chi connectivity index (χ3n) is 6.40. The lowest BCUT2D eigenvalue weighted by Crippen LogP contribution is -2.42. The number of amides is 1. The second-order valence-corrected chi connectivity index (χ2v) is 9.34. The summed E-state index contributed by atoms with van der Waals surface area (Å²) in [5.41, 5.74) is 4.98. The molecular weight excluding hydrogens is 400 g/mol. The highest BCUT2D eigenvalue weighted by molar-refractivity contribution is 7.08. The summed E-state index contributed by atoms with van der Waals surface area (Å²) in [5, 5.41) is 7.60. The molecule has 1 N–H and O–H groups in total. The minimum absolute atomic E-state index is 0.0659. The average Bonchev–Trinajstić information content (AvgIpc) is 3.34. The number of rotatable bonds is 8. The summed E-state index contributed by atoms with van der Waals surface area (Å²) in [7, 11) is 0. The highest BCUT2D eigenvalue weighted by Gasteiger charge is 2.27. The van der Waals surface area contributed by atoms with Gasteiger partial charge in [0.25, 0.3) is 0 Å². The van der Waals surface area contributed by atoms with Crippen LogP contribution in [0, 0.1) is 12.8 Å². The Balaban J connectivity index is 1.30. The first-order chi connectivity index (χ1) is 15.2. The van der Waals surface area contributed by atoms with Gasteiger partial charge in [0, 0.05) is 5.92 Å². The zero-order valence-corrected chi connectivity index (χ0v) is 19.1. The molecule has 0 bridgehead atoms. The van der Waals surface area contributed by atoms with Crippen molar-refractivity contribution in [3.63, 3.8) is 0 Å². The van der Waals surface area contributed by atoms with Crippen LogP contribution >= 0.6 is 11.3 Å². The second kappa shape index (κ2) is 10.7. The summed E-state index contributed by atoms with van der Waals surface area (Å²) in [4.78, 5) is 15.7. The maximum atomic E-state index is 13.2. The normalized spacial score (nSPS) is 16.2. The van der Waals surface area contributed by atoms with Crippen molar-refractivity contribution >= 4 is 17.2 Å². The van der Waals surface area contributed by atoms with Gasteiger partial charge in [-0.15, -0.1) is 0 Å². The molecule has 1 aliphatic heterocycles. The highest BCUT2D eigenvalue weighted by atomic mass is 32.1. The van der Waals surface area contributed by atoms with Gasteiger partial charge in [0.2, 0.25) is 5.91 Å². The fraction of sp³-hybridized carbons (Fsp3) is 0.370. The van der Waals surface area contributed by atoms with Gasteiger partial charge in [0.05, 0.1) is 6.04 Å². The van der Waals surface area contributed by atoms with E-state index in [0.29, 0.717) is 0 Å². The van der Waals surface area contributed by atoms with Gasteiger partial charge in [-0.2, -0.15) is 11.3 Å². The molecule has 1 aliphatic rings. The van der Waals surface area contributed by atoms with E-state index in [2.05, 4.69) is 88.6 Å². The zero-order chi connectivity index (χ0) is 21.5. The van der Waals surface area contributed by atoms with Crippen molar-refractivity contribution < 1.29 is 4.79 Å². The number of nitrogens with zero attached hydrogens (tertiary/aromatic N) is 1. The Morgan fingerprint density at radius 1 is 1.06 bits per heavy atom. The molecule has 2 aromatic carbocycles. The van der Waals surface area contributed by atoms with Gasteiger partial charge in [0.1, 0.15) is 0 Å². The van der Waals surface area contributed by atoms with Gasteiger partial charge >= 0.3 is 0 Å². The number of thiophene rings is 1. The van der Waals surface area contributed by atoms with Crippen LogP contribution in [-0.4, -0.2) is 30.4 Å². The lowest BCUT2D eigenvalue weighted by molar-refractivity contribution is -0.127.